The zero-order valence-corrected chi connectivity index (χ0v) is 14.0. The van der Waals surface area contributed by atoms with E-state index in [0.29, 0.717) is 5.75 Å². The number of aromatic nitrogens is 1. The van der Waals surface area contributed by atoms with Crippen molar-refractivity contribution in [3.63, 3.8) is 0 Å². The summed E-state index contributed by atoms with van der Waals surface area (Å²) >= 11 is 0. The van der Waals surface area contributed by atoms with E-state index in [1.54, 1.807) is 6.07 Å². The molecule has 25 heavy (non-hydrogen) atoms. The lowest BCUT2D eigenvalue weighted by atomic mass is 10.3. The zero-order valence-electron chi connectivity index (χ0n) is 13.2. The molecule has 10 heteroatoms. The molecule has 0 bridgehead atoms. The van der Waals surface area contributed by atoms with Crippen LogP contribution in [0.3, 0.4) is 0 Å². The number of benzene rings is 1. The molecule has 3 N–H and O–H groups in total. The van der Waals surface area contributed by atoms with E-state index >= 15 is 0 Å². The van der Waals surface area contributed by atoms with Gasteiger partial charge >= 0.3 is 0 Å². The van der Waals surface area contributed by atoms with Crippen molar-refractivity contribution in [1.82, 2.24) is 20.6 Å². The summed E-state index contributed by atoms with van der Waals surface area (Å²) in [5.41, 5.74) is 4.52. The van der Waals surface area contributed by atoms with Crippen LogP contribution in [0.5, 0.6) is 5.75 Å². The minimum Gasteiger partial charge on any atom is -0.497 e. The maximum absolute atomic E-state index is 12.1. The second-order valence-electron chi connectivity index (χ2n) is 4.74. The number of pyridine rings is 1. The monoisotopic (exact) mass is 364 g/mol. The number of amides is 2. The number of nitrogens with one attached hydrogen (secondary N) is 3. The van der Waals surface area contributed by atoms with Gasteiger partial charge in [-0.05, 0) is 36.4 Å². The van der Waals surface area contributed by atoms with Gasteiger partial charge < -0.3 is 4.74 Å². The molecule has 0 spiro atoms. The first-order valence-electron chi connectivity index (χ1n) is 7.05. The molecule has 0 saturated heterocycles. The van der Waals surface area contributed by atoms with Crippen LogP contribution in [-0.2, 0) is 14.8 Å². The minimum absolute atomic E-state index is 0.0134. The molecule has 1 aromatic heterocycles. The lowest BCUT2D eigenvalue weighted by molar-refractivity contribution is -0.120. The molecule has 1 heterocycles. The molecular formula is C15H16N4O5S. The lowest BCUT2D eigenvalue weighted by Gasteiger charge is -2.09. The first-order valence-corrected chi connectivity index (χ1v) is 8.53. The molecule has 0 aliphatic heterocycles. The average molecular weight is 364 g/mol. The summed E-state index contributed by atoms with van der Waals surface area (Å²) in [5, 5.41) is 0. The van der Waals surface area contributed by atoms with E-state index in [2.05, 4.69) is 20.6 Å². The maximum atomic E-state index is 12.1. The first-order chi connectivity index (χ1) is 11.9. The van der Waals surface area contributed by atoms with Crippen molar-refractivity contribution in [2.75, 3.05) is 13.7 Å². The summed E-state index contributed by atoms with van der Waals surface area (Å²) in [7, 11) is -2.40. The largest absolute Gasteiger partial charge is 0.497 e. The van der Waals surface area contributed by atoms with Crippen molar-refractivity contribution >= 4 is 21.8 Å². The van der Waals surface area contributed by atoms with Crippen LogP contribution in [0.25, 0.3) is 0 Å². The average Bonchev–Trinajstić information content (AvgIpc) is 2.65. The molecule has 0 saturated carbocycles. The van der Waals surface area contributed by atoms with Gasteiger partial charge in [0.1, 0.15) is 5.75 Å². The number of rotatable bonds is 6. The van der Waals surface area contributed by atoms with E-state index < -0.39 is 28.4 Å². The predicted octanol–water partition coefficient (Wildman–Crippen LogP) is -0.170. The van der Waals surface area contributed by atoms with Gasteiger partial charge in [-0.25, -0.2) is 13.1 Å². The Morgan fingerprint density at radius 2 is 1.84 bits per heavy atom. The van der Waals surface area contributed by atoms with Crippen LogP contribution in [0.2, 0.25) is 0 Å². The number of ether oxygens (including phenoxy) is 1. The fourth-order valence-electron chi connectivity index (χ4n) is 1.74. The molecule has 9 nitrogen and oxygen atoms in total. The van der Waals surface area contributed by atoms with Crippen molar-refractivity contribution in [1.29, 1.82) is 0 Å². The Hall–Kier alpha value is -2.98. The molecule has 0 aliphatic carbocycles. The second kappa shape index (κ2) is 8.22. The lowest BCUT2D eigenvalue weighted by Crippen LogP contribution is -2.46. The number of nitrogens with zero attached hydrogens (tertiary/aromatic N) is 1. The number of hydrogen-bond acceptors (Lipinski definition) is 6. The van der Waals surface area contributed by atoms with Gasteiger partial charge in [-0.3, -0.25) is 25.4 Å². The van der Waals surface area contributed by atoms with Crippen LogP contribution in [0.1, 0.15) is 10.4 Å². The molecule has 0 atom stereocenters. The quantitative estimate of drug-likeness (QED) is 0.611. The van der Waals surface area contributed by atoms with Crippen LogP contribution in [0, 0.1) is 0 Å². The molecule has 0 radical (unpaired) electrons. The summed E-state index contributed by atoms with van der Waals surface area (Å²) in [6.45, 7) is -0.540. The Kier molecular flexibility index (Phi) is 6.03. The SMILES string of the molecule is COc1ccc(S(=O)(=O)NCC(=O)NNC(=O)c2cccnc2)cc1. The van der Waals surface area contributed by atoms with Crippen molar-refractivity contribution in [3.05, 3.63) is 54.4 Å². The molecule has 0 unspecified atom stereocenters. The molecule has 2 aromatic rings. The number of carbonyl (C=O) groups excluding carboxylic acids is 2. The zero-order chi connectivity index (χ0) is 18.3. The van der Waals surface area contributed by atoms with Gasteiger partial charge in [0.2, 0.25) is 10.0 Å². The highest BCUT2D eigenvalue weighted by molar-refractivity contribution is 7.89. The molecule has 132 valence electrons. The Morgan fingerprint density at radius 1 is 1.12 bits per heavy atom. The molecule has 1 aromatic carbocycles. The summed E-state index contributed by atoms with van der Waals surface area (Å²) in [4.78, 5) is 27.1. The molecule has 2 rings (SSSR count). The highest BCUT2D eigenvalue weighted by Gasteiger charge is 2.16. The van der Waals surface area contributed by atoms with E-state index in [1.165, 1.54) is 49.8 Å². The number of hydrogen-bond donors (Lipinski definition) is 3. The molecule has 0 aliphatic rings. The summed E-state index contributed by atoms with van der Waals surface area (Å²) in [6.07, 6.45) is 2.83. The number of hydrazine groups is 1. The van der Waals surface area contributed by atoms with Crippen LogP contribution in [-0.4, -0.2) is 38.9 Å². The topological polar surface area (TPSA) is 126 Å². The van der Waals surface area contributed by atoms with Crippen LogP contribution >= 0.6 is 0 Å². The third-order valence-corrected chi connectivity index (χ3v) is 4.45. The van der Waals surface area contributed by atoms with Crippen molar-refractivity contribution in [2.24, 2.45) is 0 Å². The maximum Gasteiger partial charge on any atom is 0.271 e. The van der Waals surface area contributed by atoms with Gasteiger partial charge in [-0.15, -0.1) is 0 Å². The van der Waals surface area contributed by atoms with Crippen molar-refractivity contribution < 1.29 is 22.7 Å². The van der Waals surface area contributed by atoms with Crippen LogP contribution in [0.15, 0.2) is 53.7 Å². The smallest absolute Gasteiger partial charge is 0.271 e. The van der Waals surface area contributed by atoms with E-state index in [-0.39, 0.29) is 10.5 Å². The van der Waals surface area contributed by atoms with E-state index in [1.807, 2.05) is 0 Å². The van der Waals surface area contributed by atoms with E-state index in [0.717, 1.165) is 0 Å². The van der Waals surface area contributed by atoms with Gasteiger partial charge in [0.25, 0.3) is 11.8 Å². The fraction of sp³-hybridized carbons (Fsp3) is 0.133. The summed E-state index contributed by atoms with van der Waals surface area (Å²) < 4.78 is 31.2. The first kappa shape index (κ1) is 18.4. The van der Waals surface area contributed by atoms with Crippen molar-refractivity contribution in [2.45, 2.75) is 4.90 Å². The van der Waals surface area contributed by atoms with Gasteiger partial charge in [0.05, 0.1) is 24.1 Å². The summed E-state index contributed by atoms with van der Waals surface area (Å²) in [6, 6.07) is 8.76. The minimum atomic E-state index is -3.86. The van der Waals surface area contributed by atoms with Crippen LogP contribution in [0.4, 0.5) is 0 Å². The Bertz CT molecular complexity index is 838. The van der Waals surface area contributed by atoms with Gasteiger partial charge in [-0.2, -0.15) is 0 Å². The highest BCUT2D eigenvalue weighted by atomic mass is 32.2. The molecule has 0 fully saturated rings. The Labute approximate surface area is 144 Å². The van der Waals surface area contributed by atoms with Crippen molar-refractivity contribution in [3.8, 4) is 5.75 Å². The third kappa shape index (κ3) is 5.26. The Balaban J connectivity index is 1.85. The van der Waals surface area contributed by atoms with E-state index in [9.17, 15) is 18.0 Å². The third-order valence-electron chi connectivity index (χ3n) is 3.03. The number of sulfonamides is 1. The number of methoxy groups -OCH3 is 1. The Morgan fingerprint density at radius 3 is 2.44 bits per heavy atom. The van der Waals surface area contributed by atoms with E-state index in [4.69, 9.17) is 4.74 Å². The highest BCUT2D eigenvalue weighted by Crippen LogP contribution is 2.14. The fourth-order valence-corrected chi connectivity index (χ4v) is 2.72. The van der Waals surface area contributed by atoms with Crippen LogP contribution < -0.4 is 20.3 Å². The van der Waals surface area contributed by atoms with Gasteiger partial charge in [-0.1, -0.05) is 0 Å². The second-order valence-corrected chi connectivity index (χ2v) is 6.51. The van der Waals surface area contributed by atoms with Gasteiger partial charge in [0.15, 0.2) is 0 Å². The number of carbonyl (C=O) groups is 2. The molecular weight excluding hydrogens is 348 g/mol. The summed E-state index contributed by atoms with van der Waals surface area (Å²) in [5.74, 6) is -0.788. The normalized spacial score (nSPS) is 10.8. The predicted molar refractivity (Wildman–Crippen MR) is 88.0 cm³/mol. The van der Waals surface area contributed by atoms with Gasteiger partial charge in [0, 0.05) is 12.4 Å². The molecule has 2 amide bonds. The standard InChI is InChI=1S/C15H16N4O5S/c1-24-12-4-6-13(7-5-12)25(22,23)17-10-14(20)18-19-15(21)11-3-2-8-16-9-11/h2-9,17H,10H2,1H3,(H,18,20)(H,19,21).